The van der Waals surface area contributed by atoms with Crippen LogP contribution in [0.25, 0.3) is 10.9 Å². The molecule has 0 saturated heterocycles. The monoisotopic (exact) mass is 369 g/mol. The average Bonchev–Trinajstić information content (AvgIpc) is 3.45. The van der Waals surface area contributed by atoms with Crippen LogP contribution in [0.5, 0.6) is 0 Å². The zero-order chi connectivity index (χ0) is 18.9. The maximum Gasteiger partial charge on any atom is 0.256 e. The van der Waals surface area contributed by atoms with E-state index in [0.717, 1.165) is 40.7 Å². The predicted molar refractivity (Wildman–Crippen MR) is 107 cm³/mol. The molecule has 2 aromatic heterocycles. The summed E-state index contributed by atoms with van der Waals surface area (Å²) in [6, 6.07) is 17.6. The predicted octanol–water partition coefficient (Wildman–Crippen LogP) is 4.00. The van der Waals surface area contributed by atoms with E-state index in [9.17, 15) is 4.79 Å². The van der Waals surface area contributed by atoms with Crippen molar-refractivity contribution in [3.8, 4) is 0 Å². The number of carbonyl (C=O) groups is 1. The first kappa shape index (κ1) is 16.6. The number of para-hydroxylation sites is 1. The summed E-state index contributed by atoms with van der Waals surface area (Å²) < 4.78 is 1.75. The molecule has 0 bridgehead atoms. The van der Waals surface area contributed by atoms with Gasteiger partial charge >= 0.3 is 0 Å². The largest absolute Gasteiger partial charge is 0.322 e. The van der Waals surface area contributed by atoms with Crippen molar-refractivity contribution in [3.05, 3.63) is 84.1 Å². The van der Waals surface area contributed by atoms with Crippen molar-refractivity contribution in [2.45, 2.75) is 25.3 Å². The minimum absolute atomic E-state index is 0.113. The van der Waals surface area contributed by atoms with Crippen LogP contribution in [0.1, 0.15) is 40.4 Å². The van der Waals surface area contributed by atoms with E-state index in [1.165, 1.54) is 6.33 Å². The summed E-state index contributed by atoms with van der Waals surface area (Å²) in [7, 11) is 0. The first-order chi connectivity index (χ1) is 13.8. The van der Waals surface area contributed by atoms with Gasteiger partial charge in [0.25, 0.3) is 5.91 Å². The Labute approximate surface area is 162 Å². The van der Waals surface area contributed by atoms with Gasteiger partial charge in [0, 0.05) is 22.7 Å². The molecular formula is C22H19N5O. The van der Waals surface area contributed by atoms with Crippen LogP contribution in [0.4, 0.5) is 5.69 Å². The highest BCUT2D eigenvalue weighted by molar-refractivity contribution is 6.12. The number of carbonyl (C=O) groups excluding carboxylic acids is 1. The molecule has 0 atom stereocenters. The second-order valence-electron chi connectivity index (χ2n) is 7.13. The number of hydrogen-bond donors (Lipinski definition) is 1. The van der Waals surface area contributed by atoms with E-state index >= 15 is 0 Å². The molecule has 1 saturated carbocycles. The quantitative estimate of drug-likeness (QED) is 0.577. The lowest BCUT2D eigenvalue weighted by Crippen LogP contribution is -2.14. The number of benzene rings is 2. The molecule has 1 aliphatic rings. The van der Waals surface area contributed by atoms with Gasteiger partial charge in [0.1, 0.15) is 12.7 Å². The summed E-state index contributed by atoms with van der Waals surface area (Å²) in [6.45, 7) is 0.605. The average molecular weight is 369 g/mol. The number of nitrogens with one attached hydrogen (secondary N) is 1. The molecule has 28 heavy (non-hydrogen) atoms. The van der Waals surface area contributed by atoms with Crippen molar-refractivity contribution >= 4 is 22.5 Å². The lowest BCUT2D eigenvalue weighted by molar-refractivity contribution is 0.102. The van der Waals surface area contributed by atoms with Gasteiger partial charge in [-0.1, -0.05) is 30.3 Å². The Hall–Kier alpha value is -3.54. The first-order valence-corrected chi connectivity index (χ1v) is 9.39. The number of amides is 1. The Morgan fingerprint density at radius 2 is 2.00 bits per heavy atom. The van der Waals surface area contributed by atoms with Crippen LogP contribution in [0.3, 0.4) is 0 Å². The fourth-order valence-corrected chi connectivity index (χ4v) is 3.42. The molecule has 138 valence electrons. The third kappa shape index (κ3) is 3.36. The normalized spacial score (nSPS) is 13.6. The molecule has 6 heteroatoms. The molecular weight excluding hydrogens is 350 g/mol. The minimum Gasteiger partial charge on any atom is -0.322 e. The lowest BCUT2D eigenvalue weighted by Gasteiger charge is -2.11. The SMILES string of the molecule is O=C(Nc1cccc(Cn2cncn2)c1)c1cc(C2CC2)nc2ccccc12. The molecule has 0 spiro atoms. The van der Waals surface area contributed by atoms with Crippen LogP contribution in [0.15, 0.2) is 67.3 Å². The van der Waals surface area contributed by atoms with E-state index in [1.54, 1.807) is 11.0 Å². The fourth-order valence-electron chi connectivity index (χ4n) is 3.42. The first-order valence-electron chi connectivity index (χ1n) is 9.39. The highest BCUT2D eigenvalue weighted by Gasteiger charge is 2.27. The molecule has 1 aliphatic carbocycles. The molecule has 1 fully saturated rings. The molecule has 2 heterocycles. The molecule has 1 amide bonds. The molecule has 0 aliphatic heterocycles. The van der Waals surface area contributed by atoms with Gasteiger partial charge in [-0.3, -0.25) is 9.78 Å². The van der Waals surface area contributed by atoms with Crippen molar-refractivity contribution < 1.29 is 4.79 Å². The van der Waals surface area contributed by atoms with Gasteiger partial charge in [-0.2, -0.15) is 5.10 Å². The summed E-state index contributed by atoms with van der Waals surface area (Å²) in [5.74, 6) is 0.376. The summed E-state index contributed by atoms with van der Waals surface area (Å²) in [4.78, 5) is 21.8. The van der Waals surface area contributed by atoms with E-state index in [0.29, 0.717) is 18.0 Å². The highest BCUT2D eigenvalue weighted by Crippen LogP contribution is 2.40. The molecule has 0 unspecified atom stereocenters. The fraction of sp³-hybridized carbons (Fsp3) is 0.182. The summed E-state index contributed by atoms with van der Waals surface area (Å²) in [5.41, 5.74) is 4.37. The maximum absolute atomic E-state index is 13.1. The van der Waals surface area contributed by atoms with E-state index in [4.69, 9.17) is 4.98 Å². The zero-order valence-corrected chi connectivity index (χ0v) is 15.2. The van der Waals surface area contributed by atoms with Crippen molar-refractivity contribution in [1.82, 2.24) is 19.7 Å². The lowest BCUT2D eigenvalue weighted by atomic mass is 10.0. The third-order valence-electron chi connectivity index (χ3n) is 4.97. The summed E-state index contributed by atoms with van der Waals surface area (Å²) in [6.07, 6.45) is 5.48. The van der Waals surface area contributed by atoms with Crippen molar-refractivity contribution in [2.24, 2.45) is 0 Å². The van der Waals surface area contributed by atoms with Gasteiger partial charge in [0.2, 0.25) is 0 Å². The Bertz CT molecular complexity index is 1150. The van der Waals surface area contributed by atoms with Crippen LogP contribution in [0.2, 0.25) is 0 Å². The molecule has 4 aromatic rings. The van der Waals surface area contributed by atoms with Crippen molar-refractivity contribution in [3.63, 3.8) is 0 Å². The number of nitrogens with zero attached hydrogens (tertiary/aromatic N) is 4. The second kappa shape index (κ2) is 6.88. The van der Waals surface area contributed by atoms with Crippen LogP contribution >= 0.6 is 0 Å². The van der Waals surface area contributed by atoms with Crippen molar-refractivity contribution in [2.75, 3.05) is 5.32 Å². The van der Waals surface area contributed by atoms with E-state index in [1.807, 2.05) is 54.6 Å². The number of hydrogen-bond acceptors (Lipinski definition) is 4. The van der Waals surface area contributed by atoms with Gasteiger partial charge in [-0.25, -0.2) is 9.67 Å². The number of aromatic nitrogens is 4. The van der Waals surface area contributed by atoms with Crippen LogP contribution in [0, 0.1) is 0 Å². The smallest absolute Gasteiger partial charge is 0.256 e. The van der Waals surface area contributed by atoms with Crippen molar-refractivity contribution in [1.29, 1.82) is 0 Å². The Morgan fingerprint density at radius 3 is 2.82 bits per heavy atom. The van der Waals surface area contributed by atoms with E-state index < -0.39 is 0 Å². The molecule has 5 rings (SSSR count). The second-order valence-corrected chi connectivity index (χ2v) is 7.13. The minimum atomic E-state index is -0.113. The number of rotatable bonds is 5. The van der Waals surface area contributed by atoms with Gasteiger partial charge in [0.15, 0.2) is 0 Å². The summed E-state index contributed by atoms with van der Waals surface area (Å²) >= 11 is 0. The zero-order valence-electron chi connectivity index (χ0n) is 15.2. The molecule has 6 nitrogen and oxygen atoms in total. The highest BCUT2D eigenvalue weighted by atomic mass is 16.1. The van der Waals surface area contributed by atoms with Crippen LogP contribution in [-0.4, -0.2) is 25.7 Å². The van der Waals surface area contributed by atoms with E-state index in [-0.39, 0.29) is 5.91 Å². The third-order valence-corrected chi connectivity index (χ3v) is 4.97. The molecule has 2 aromatic carbocycles. The van der Waals surface area contributed by atoms with Gasteiger partial charge in [-0.15, -0.1) is 0 Å². The summed E-state index contributed by atoms with van der Waals surface area (Å²) in [5, 5.41) is 8.05. The number of pyridine rings is 1. The Balaban J connectivity index is 1.44. The molecule has 0 radical (unpaired) electrons. The topological polar surface area (TPSA) is 72.7 Å². The molecule has 1 N–H and O–H groups in total. The number of anilines is 1. The van der Waals surface area contributed by atoms with Gasteiger partial charge < -0.3 is 5.32 Å². The van der Waals surface area contributed by atoms with Crippen LogP contribution < -0.4 is 5.32 Å². The Kier molecular flexibility index (Phi) is 4.09. The number of fused-ring (bicyclic) bond motifs is 1. The Morgan fingerprint density at radius 1 is 1.11 bits per heavy atom. The standard InChI is InChI=1S/C22H19N5O/c28-22(25-17-5-3-4-15(10-17)12-27-14-23-13-24-27)19-11-21(16-8-9-16)26-20-7-2-1-6-18(19)20/h1-7,10-11,13-14,16H,8-9,12H2,(H,25,28). The van der Waals surface area contributed by atoms with Gasteiger partial charge in [-0.05, 0) is 42.7 Å². The van der Waals surface area contributed by atoms with E-state index in [2.05, 4.69) is 15.4 Å². The van der Waals surface area contributed by atoms with Crippen LogP contribution in [-0.2, 0) is 6.54 Å². The van der Waals surface area contributed by atoms with Gasteiger partial charge in [0.05, 0.1) is 17.6 Å². The maximum atomic E-state index is 13.1.